The van der Waals surface area contributed by atoms with Crippen molar-refractivity contribution in [1.82, 2.24) is 4.90 Å². The third-order valence-electron chi connectivity index (χ3n) is 2.08. The standard InChI is InChI=1S/C10H16N4O3/c1-6(2)7(3-11)10(17)14(4-8(12)15)5-9(13)16/h6-7H,4-5H2,1-2H3,(H2,12,15)(H2,13,16). The molecule has 7 heteroatoms. The van der Waals surface area contributed by atoms with Gasteiger partial charge in [-0.1, -0.05) is 13.8 Å². The third-order valence-corrected chi connectivity index (χ3v) is 2.08. The van der Waals surface area contributed by atoms with Crippen LogP contribution in [0.4, 0.5) is 0 Å². The van der Waals surface area contributed by atoms with Crippen LogP contribution in [0.2, 0.25) is 0 Å². The van der Waals surface area contributed by atoms with Crippen molar-refractivity contribution in [2.24, 2.45) is 23.3 Å². The van der Waals surface area contributed by atoms with E-state index in [-0.39, 0.29) is 5.92 Å². The second kappa shape index (κ2) is 6.48. The van der Waals surface area contributed by atoms with Gasteiger partial charge in [0.15, 0.2) is 0 Å². The van der Waals surface area contributed by atoms with E-state index in [1.54, 1.807) is 13.8 Å². The van der Waals surface area contributed by atoms with Crippen LogP contribution in [0.3, 0.4) is 0 Å². The lowest BCUT2D eigenvalue weighted by Gasteiger charge is -2.23. The second-order valence-corrected chi connectivity index (χ2v) is 3.98. The van der Waals surface area contributed by atoms with E-state index >= 15 is 0 Å². The SMILES string of the molecule is CC(C)C(C#N)C(=O)N(CC(N)=O)CC(N)=O. The van der Waals surface area contributed by atoms with Gasteiger partial charge in [-0.15, -0.1) is 0 Å². The number of nitrogens with two attached hydrogens (primary N) is 2. The normalized spacial score (nSPS) is 11.6. The third kappa shape index (κ3) is 4.97. The zero-order valence-corrected chi connectivity index (χ0v) is 9.84. The first kappa shape index (κ1) is 14.9. The Kier molecular flexibility index (Phi) is 5.68. The van der Waals surface area contributed by atoms with Crippen molar-refractivity contribution < 1.29 is 14.4 Å². The highest BCUT2D eigenvalue weighted by Crippen LogP contribution is 2.13. The average molecular weight is 240 g/mol. The Bertz CT molecular complexity index is 343. The molecule has 0 heterocycles. The molecule has 3 amide bonds. The lowest BCUT2D eigenvalue weighted by atomic mass is 9.96. The number of carbonyl (C=O) groups excluding carboxylic acids is 3. The van der Waals surface area contributed by atoms with Gasteiger partial charge in [0.05, 0.1) is 19.2 Å². The molecule has 0 aliphatic rings. The highest BCUT2D eigenvalue weighted by molar-refractivity contribution is 5.90. The van der Waals surface area contributed by atoms with Crippen molar-refractivity contribution >= 4 is 17.7 Å². The molecule has 0 aliphatic heterocycles. The summed E-state index contributed by atoms with van der Waals surface area (Å²) in [7, 11) is 0. The second-order valence-electron chi connectivity index (χ2n) is 3.98. The van der Waals surface area contributed by atoms with E-state index in [0.29, 0.717) is 0 Å². The first-order valence-corrected chi connectivity index (χ1v) is 5.04. The van der Waals surface area contributed by atoms with Crippen molar-refractivity contribution in [3.63, 3.8) is 0 Å². The largest absolute Gasteiger partial charge is 0.368 e. The molecule has 17 heavy (non-hydrogen) atoms. The molecule has 0 saturated carbocycles. The molecule has 7 nitrogen and oxygen atoms in total. The highest BCUT2D eigenvalue weighted by atomic mass is 16.2. The van der Waals surface area contributed by atoms with Crippen LogP contribution in [0, 0.1) is 23.2 Å². The number of nitrogens with zero attached hydrogens (tertiary/aromatic N) is 2. The summed E-state index contributed by atoms with van der Waals surface area (Å²) >= 11 is 0. The van der Waals surface area contributed by atoms with Gasteiger partial charge in [0, 0.05) is 0 Å². The Morgan fingerprint density at radius 3 is 1.82 bits per heavy atom. The molecule has 0 rings (SSSR count). The molecule has 4 N–H and O–H groups in total. The highest BCUT2D eigenvalue weighted by Gasteiger charge is 2.28. The summed E-state index contributed by atoms with van der Waals surface area (Å²) < 4.78 is 0. The van der Waals surface area contributed by atoms with Gasteiger partial charge in [0.2, 0.25) is 17.7 Å². The van der Waals surface area contributed by atoms with Gasteiger partial charge in [-0.3, -0.25) is 14.4 Å². The van der Waals surface area contributed by atoms with Crippen LogP contribution >= 0.6 is 0 Å². The minimum absolute atomic E-state index is 0.226. The molecule has 0 radical (unpaired) electrons. The lowest BCUT2D eigenvalue weighted by molar-refractivity contribution is -0.140. The predicted octanol–water partition coefficient (Wildman–Crippen LogP) is -1.42. The van der Waals surface area contributed by atoms with Gasteiger partial charge in [-0.25, -0.2) is 0 Å². The summed E-state index contributed by atoms with van der Waals surface area (Å²) in [4.78, 5) is 34.3. The minimum atomic E-state index is -0.923. The average Bonchev–Trinajstić information content (AvgIpc) is 2.15. The maximum absolute atomic E-state index is 11.9. The predicted molar refractivity (Wildman–Crippen MR) is 58.9 cm³/mol. The number of hydrogen-bond donors (Lipinski definition) is 2. The van der Waals surface area contributed by atoms with Crippen LogP contribution in [0.25, 0.3) is 0 Å². The van der Waals surface area contributed by atoms with Crippen molar-refractivity contribution in [3.05, 3.63) is 0 Å². The molecule has 0 aromatic carbocycles. The van der Waals surface area contributed by atoms with E-state index in [2.05, 4.69) is 0 Å². The molecule has 94 valence electrons. The van der Waals surface area contributed by atoms with E-state index in [1.807, 2.05) is 6.07 Å². The molecule has 0 fully saturated rings. The van der Waals surface area contributed by atoms with Crippen molar-refractivity contribution in [2.45, 2.75) is 13.8 Å². The first-order chi connectivity index (χ1) is 7.79. The molecule has 0 saturated heterocycles. The zero-order chi connectivity index (χ0) is 13.6. The molecule has 0 bridgehead atoms. The summed E-state index contributed by atoms with van der Waals surface area (Å²) in [5.74, 6) is -3.29. The number of carbonyl (C=O) groups is 3. The van der Waals surface area contributed by atoms with Gasteiger partial charge < -0.3 is 16.4 Å². The molecular weight excluding hydrogens is 224 g/mol. The van der Waals surface area contributed by atoms with E-state index < -0.39 is 36.7 Å². The molecule has 0 aliphatic carbocycles. The fourth-order valence-corrected chi connectivity index (χ4v) is 1.27. The lowest BCUT2D eigenvalue weighted by Crippen LogP contribution is -2.46. The van der Waals surface area contributed by atoms with Crippen LogP contribution in [0.15, 0.2) is 0 Å². The fourth-order valence-electron chi connectivity index (χ4n) is 1.27. The number of primary amides is 2. The molecule has 0 aromatic rings. The Balaban J connectivity index is 4.91. The Labute approximate surface area is 99.3 Å². The molecule has 1 unspecified atom stereocenters. The first-order valence-electron chi connectivity index (χ1n) is 5.04. The van der Waals surface area contributed by atoms with Crippen molar-refractivity contribution in [2.75, 3.05) is 13.1 Å². The summed E-state index contributed by atoms with van der Waals surface area (Å²) in [6, 6.07) is 1.83. The topological polar surface area (TPSA) is 130 Å². The fraction of sp³-hybridized carbons (Fsp3) is 0.600. The van der Waals surface area contributed by atoms with E-state index in [0.717, 1.165) is 4.90 Å². The Hall–Kier alpha value is -2.10. The number of hydrogen-bond acceptors (Lipinski definition) is 4. The van der Waals surface area contributed by atoms with E-state index in [1.165, 1.54) is 0 Å². The quantitative estimate of drug-likeness (QED) is 0.590. The van der Waals surface area contributed by atoms with Gasteiger partial charge in [-0.05, 0) is 5.92 Å². The molecule has 0 aromatic heterocycles. The number of amides is 3. The molecule has 1 atom stereocenters. The van der Waals surface area contributed by atoms with Crippen molar-refractivity contribution in [1.29, 1.82) is 5.26 Å². The van der Waals surface area contributed by atoms with Crippen LogP contribution in [-0.2, 0) is 14.4 Å². The Morgan fingerprint density at radius 1 is 1.18 bits per heavy atom. The van der Waals surface area contributed by atoms with Crippen LogP contribution in [-0.4, -0.2) is 35.7 Å². The minimum Gasteiger partial charge on any atom is -0.368 e. The smallest absolute Gasteiger partial charge is 0.241 e. The Morgan fingerprint density at radius 2 is 1.59 bits per heavy atom. The van der Waals surface area contributed by atoms with Crippen LogP contribution in [0.5, 0.6) is 0 Å². The molecule has 0 spiro atoms. The summed E-state index contributed by atoms with van der Waals surface area (Å²) in [5, 5.41) is 8.85. The zero-order valence-electron chi connectivity index (χ0n) is 9.84. The maximum Gasteiger partial charge on any atom is 0.241 e. The summed E-state index contributed by atoms with van der Waals surface area (Å²) in [5.41, 5.74) is 9.91. The summed E-state index contributed by atoms with van der Waals surface area (Å²) in [6.45, 7) is 2.54. The number of rotatable bonds is 6. The van der Waals surface area contributed by atoms with Gasteiger partial charge >= 0.3 is 0 Å². The maximum atomic E-state index is 11.9. The van der Waals surface area contributed by atoms with E-state index in [4.69, 9.17) is 16.7 Å². The van der Waals surface area contributed by atoms with Crippen LogP contribution in [0.1, 0.15) is 13.8 Å². The van der Waals surface area contributed by atoms with Gasteiger partial charge in [-0.2, -0.15) is 5.26 Å². The monoisotopic (exact) mass is 240 g/mol. The van der Waals surface area contributed by atoms with Gasteiger partial charge in [0.25, 0.3) is 0 Å². The summed E-state index contributed by atoms with van der Waals surface area (Å²) in [6.07, 6.45) is 0. The number of nitriles is 1. The molecular formula is C10H16N4O3. The van der Waals surface area contributed by atoms with E-state index in [9.17, 15) is 14.4 Å². The van der Waals surface area contributed by atoms with Gasteiger partial charge in [0.1, 0.15) is 5.92 Å². The van der Waals surface area contributed by atoms with Crippen LogP contribution < -0.4 is 11.5 Å². The van der Waals surface area contributed by atoms with Crippen molar-refractivity contribution in [3.8, 4) is 6.07 Å².